The molecule has 0 amide bonds. The molecule has 0 atom stereocenters. The van der Waals surface area contributed by atoms with Crippen LogP contribution in [0.4, 0.5) is 8.78 Å². The van der Waals surface area contributed by atoms with Gasteiger partial charge in [0.1, 0.15) is 11.6 Å². The number of nitrogens with one attached hydrogen (secondary N) is 1. The van der Waals surface area contributed by atoms with Crippen molar-refractivity contribution < 1.29 is 8.78 Å². The van der Waals surface area contributed by atoms with Gasteiger partial charge >= 0.3 is 0 Å². The highest BCUT2D eigenvalue weighted by Gasteiger charge is 2.20. The van der Waals surface area contributed by atoms with Crippen molar-refractivity contribution in [1.82, 2.24) is 19.5 Å². The second kappa shape index (κ2) is 7.11. The number of nitrogens with zero attached hydrogens (tertiary/aromatic N) is 4. The van der Waals surface area contributed by atoms with E-state index in [1.54, 1.807) is 17.6 Å². The van der Waals surface area contributed by atoms with Crippen LogP contribution in [0, 0.1) is 29.9 Å². The highest BCUT2D eigenvalue weighted by atomic mass is 32.1. The fraction of sp³-hybridized carbons (Fsp3) is 0.0909. The molecule has 0 aliphatic carbocycles. The number of pyridine rings is 1. The van der Waals surface area contributed by atoms with Gasteiger partial charge in [-0.05, 0) is 36.8 Å². The predicted molar refractivity (Wildman–Crippen MR) is 114 cm³/mol. The Labute approximate surface area is 178 Å². The first-order valence-corrected chi connectivity index (χ1v) is 10.2. The number of thiazole rings is 1. The molecule has 0 saturated carbocycles. The maximum atomic E-state index is 14.3. The maximum Gasteiger partial charge on any atom is 0.248 e. The number of benzene rings is 2. The van der Waals surface area contributed by atoms with Crippen LogP contribution in [-0.2, 0) is 6.54 Å². The van der Waals surface area contributed by atoms with Gasteiger partial charge in [0.05, 0.1) is 39.2 Å². The number of H-pyrrole nitrogens is 1. The third kappa shape index (κ3) is 3.00. The van der Waals surface area contributed by atoms with E-state index in [1.807, 2.05) is 17.6 Å². The van der Waals surface area contributed by atoms with Gasteiger partial charge in [-0.15, -0.1) is 11.3 Å². The number of aryl methyl sites for hydroxylation is 1. The van der Waals surface area contributed by atoms with Crippen molar-refractivity contribution in [3.05, 3.63) is 80.7 Å². The lowest BCUT2D eigenvalue weighted by atomic mass is 10.1. The van der Waals surface area contributed by atoms with Crippen molar-refractivity contribution in [2.75, 3.05) is 0 Å². The standard InChI is InChI=1S/C22H13F2N5OS/c1-11-21(31-10-26-11)22-28-19-12(8-25)3-2-4-16(19)29(22)9-13-7-17(30)27-20-14(13)5-6-15(23)18(20)24/h2-7,10H,9H2,1H3,(H,27,30). The van der Waals surface area contributed by atoms with Gasteiger partial charge in [-0.25, -0.2) is 18.7 Å². The van der Waals surface area contributed by atoms with E-state index < -0.39 is 17.2 Å². The van der Waals surface area contributed by atoms with E-state index in [4.69, 9.17) is 4.98 Å². The highest BCUT2D eigenvalue weighted by molar-refractivity contribution is 7.13. The molecular weight excluding hydrogens is 420 g/mol. The second-order valence-electron chi connectivity index (χ2n) is 7.02. The molecule has 0 aliphatic heterocycles. The average molecular weight is 433 g/mol. The first kappa shape index (κ1) is 19.1. The summed E-state index contributed by atoms with van der Waals surface area (Å²) in [6, 6.07) is 11.3. The summed E-state index contributed by atoms with van der Waals surface area (Å²) in [5, 5.41) is 9.91. The lowest BCUT2D eigenvalue weighted by Crippen LogP contribution is -2.11. The number of rotatable bonds is 3. The van der Waals surface area contributed by atoms with E-state index in [2.05, 4.69) is 16.0 Å². The fourth-order valence-electron chi connectivity index (χ4n) is 3.72. The van der Waals surface area contributed by atoms with E-state index in [1.165, 1.54) is 23.5 Å². The van der Waals surface area contributed by atoms with Gasteiger partial charge in [-0.1, -0.05) is 6.07 Å². The molecule has 1 N–H and O–H groups in total. The Morgan fingerprint density at radius 1 is 1.26 bits per heavy atom. The summed E-state index contributed by atoms with van der Waals surface area (Å²) in [6.45, 7) is 2.03. The monoisotopic (exact) mass is 433 g/mol. The molecule has 6 nitrogen and oxygen atoms in total. The molecule has 31 heavy (non-hydrogen) atoms. The van der Waals surface area contributed by atoms with Crippen molar-refractivity contribution in [3.63, 3.8) is 0 Å². The molecule has 152 valence electrons. The Hall–Kier alpha value is -3.90. The first-order chi connectivity index (χ1) is 15.0. The van der Waals surface area contributed by atoms with Crippen LogP contribution >= 0.6 is 11.3 Å². The molecule has 0 radical (unpaired) electrons. The predicted octanol–water partition coefficient (Wildman–Crippen LogP) is 4.51. The minimum Gasteiger partial charge on any atom is -0.319 e. The van der Waals surface area contributed by atoms with Gasteiger partial charge in [0, 0.05) is 11.5 Å². The minimum absolute atomic E-state index is 0.170. The molecule has 0 unspecified atom stereocenters. The van der Waals surface area contributed by atoms with E-state index >= 15 is 0 Å². The molecule has 0 spiro atoms. The number of aromatic amines is 1. The van der Waals surface area contributed by atoms with Crippen molar-refractivity contribution >= 4 is 33.3 Å². The van der Waals surface area contributed by atoms with Gasteiger partial charge in [-0.3, -0.25) is 4.79 Å². The number of hydrogen-bond acceptors (Lipinski definition) is 5. The van der Waals surface area contributed by atoms with Crippen molar-refractivity contribution in [1.29, 1.82) is 5.26 Å². The molecule has 5 rings (SSSR count). The maximum absolute atomic E-state index is 14.3. The molecular formula is C22H13F2N5OS. The number of para-hydroxylation sites is 1. The zero-order chi connectivity index (χ0) is 21.7. The molecule has 0 saturated heterocycles. The van der Waals surface area contributed by atoms with Crippen molar-refractivity contribution in [2.45, 2.75) is 13.5 Å². The van der Waals surface area contributed by atoms with Crippen LogP contribution in [0.2, 0.25) is 0 Å². The van der Waals surface area contributed by atoms with Crippen LogP contribution < -0.4 is 5.56 Å². The normalized spacial score (nSPS) is 11.3. The molecule has 0 fully saturated rings. The second-order valence-corrected chi connectivity index (χ2v) is 7.87. The van der Waals surface area contributed by atoms with Crippen LogP contribution in [0.25, 0.3) is 32.6 Å². The Morgan fingerprint density at radius 2 is 2.10 bits per heavy atom. The first-order valence-electron chi connectivity index (χ1n) is 9.27. The van der Waals surface area contributed by atoms with Crippen LogP contribution in [-0.4, -0.2) is 19.5 Å². The zero-order valence-electron chi connectivity index (χ0n) is 16.1. The number of imidazole rings is 1. The SMILES string of the molecule is Cc1ncsc1-c1nc2c(C#N)cccc2n1Cc1cc(=O)[nH]c2c(F)c(F)ccc12. The van der Waals surface area contributed by atoms with Crippen LogP contribution in [0.15, 0.2) is 46.7 Å². The summed E-state index contributed by atoms with van der Waals surface area (Å²) in [7, 11) is 0. The van der Waals surface area contributed by atoms with Crippen LogP contribution in [0.3, 0.4) is 0 Å². The number of hydrogen-bond donors (Lipinski definition) is 1. The Balaban J connectivity index is 1.81. The van der Waals surface area contributed by atoms with Gasteiger partial charge in [0.2, 0.25) is 5.56 Å². The fourth-order valence-corrected chi connectivity index (χ4v) is 4.52. The number of nitriles is 1. The summed E-state index contributed by atoms with van der Waals surface area (Å²) in [5.74, 6) is -1.54. The number of fused-ring (bicyclic) bond motifs is 2. The van der Waals surface area contributed by atoms with Gasteiger partial charge < -0.3 is 9.55 Å². The van der Waals surface area contributed by atoms with Crippen LogP contribution in [0.5, 0.6) is 0 Å². The van der Waals surface area contributed by atoms with E-state index in [9.17, 15) is 18.8 Å². The Morgan fingerprint density at radius 3 is 2.84 bits per heavy atom. The molecule has 5 aromatic rings. The number of aromatic nitrogens is 4. The summed E-state index contributed by atoms with van der Waals surface area (Å²) < 4.78 is 29.9. The molecule has 0 bridgehead atoms. The molecule has 0 aliphatic rings. The highest BCUT2D eigenvalue weighted by Crippen LogP contribution is 2.32. The summed E-state index contributed by atoms with van der Waals surface area (Å²) in [4.78, 5) is 24.4. The smallest absolute Gasteiger partial charge is 0.248 e. The van der Waals surface area contributed by atoms with Gasteiger partial charge in [0.15, 0.2) is 17.5 Å². The number of halogens is 2. The Kier molecular flexibility index (Phi) is 4.38. The molecule has 3 heterocycles. The van der Waals surface area contributed by atoms with Gasteiger partial charge in [0.25, 0.3) is 0 Å². The molecule has 9 heteroatoms. The lowest BCUT2D eigenvalue weighted by molar-refractivity contribution is 0.515. The van der Waals surface area contributed by atoms with Crippen molar-refractivity contribution in [2.24, 2.45) is 0 Å². The van der Waals surface area contributed by atoms with Crippen LogP contribution in [0.1, 0.15) is 16.8 Å². The third-order valence-electron chi connectivity index (χ3n) is 5.17. The molecule has 3 aromatic heterocycles. The van der Waals surface area contributed by atoms with E-state index in [0.717, 1.165) is 16.6 Å². The summed E-state index contributed by atoms with van der Waals surface area (Å²) in [5.41, 5.74) is 3.91. The van der Waals surface area contributed by atoms with E-state index in [0.29, 0.717) is 33.4 Å². The van der Waals surface area contributed by atoms with Gasteiger partial charge in [-0.2, -0.15) is 5.26 Å². The largest absolute Gasteiger partial charge is 0.319 e. The topological polar surface area (TPSA) is 87.4 Å². The minimum atomic E-state index is -1.10. The average Bonchev–Trinajstić information content (AvgIpc) is 3.34. The third-order valence-corrected chi connectivity index (χ3v) is 6.10. The Bertz CT molecular complexity index is 1590. The quantitative estimate of drug-likeness (QED) is 0.454. The summed E-state index contributed by atoms with van der Waals surface area (Å²) in [6.07, 6.45) is 0. The molecule has 2 aromatic carbocycles. The lowest BCUT2D eigenvalue weighted by Gasteiger charge is -2.12. The van der Waals surface area contributed by atoms with E-state index in [-0.39, 0.29) is 12.1 Å². The van der Waals surface area contributed by atoms with Crippen molar-refractivity contribution in [3.8, 4) is 16.8 Å². The summed E-state index contributed by atoms with van der Waals surface area (Å²) >= 11 is 1.41. The zero-order valence-corrected chi connectivity index (χ0v) is 16.9.